The van der Waals surface area contributed by atoms with Gasteiger partial charge >= 0.3 is 0 Å². The van der Waals surface area contributed by atoms with Crippen LogP contribution in [0.5, 0.6) is 0 Å². The van der Waals surface area contributed by atoms with E-state index in [4.69, 9.17) is 5.73 Å². The lowest BCUT2D eigenvalue weighted by Gasteiger charge is -2.23. The fourth-order valence-corrected chi connectivity index (χ4v) is 2.19. The average molecular weight is 299 g/mol. The highest BCUT2D eigenvalue weighted by molar-refractivity contribution is 5.29. The molecule has 0 aliphatic heterocycles. The summed E-state index contributed by atoms with van der Waals surface area (Å²) in [5.74, 6) is -4.19. The smallest absolute Gasteiger partial charge is 0.129 e. The number of aliphatic hydroxyl groups excluding tert-OH is 1. The van der Waals surface area contributed by atoms with Gasteiger partial charge in [0.15, 0.2) is 0 Å². The van der Waals surface area contributed by atoms with E-state index in [9.17, 15) is 22.7 Å². The van der Waals surface area contributed by atoms with E-state index in [1.165, 1.54) is 0 Å². The first-order chi connectivity index (χ1) is 9.92. The van der Waals surface area contributed by atoms with Gasteiger partial charge in [-0.1, -0.05) is 0 Å². The van der Waals surface area contributed by atoms with Gasteiger partial charge in [0.1, 0.15) is 23.3 Å². The quantitative estimate of drug-likeness (QED) is 0.853. The molecule has 0 amide bonds. The van der Waals surface area contributed by atoms with Gasteiger partial charge in [0.2, 0.25) is 0 Å². The SMILES string of the molecule is NCC(c1cc(F)cc(F)c1)C(O)c1cc(F)ccc1F. The molecule has 21 heavy (non-hydrogen) atoms. The lowest BCUT2D eigenvalue weighted by atomic mass is 9.89. The van der Waals surface area contributed by atoms with Crippen molar-refractivity contribution in [2.45, 2.75) is 12.0 Å². The molecule has 112 valence electrons. The molecule has 0 saturated heterocycles. The van der Waals surface area contributed by atoms with Gasteiger partial charge in [-0.25, -0.2) is 17.6 Å². The van der Waals surface area contributed by atoms with Crippen molar-refractivity contribution in [2.75, 3.05) is 6.54 Å². The highest BCUT2D eigenvalue weighted by Crippen LogP contribution is 2.32. The number of rotatable bonds is 4. The second-order valence-corrected chi connectivity index (χ2v) is 4.66. The van der Waals surface area contributed by atoms with E-state index < -0.39 is 35.3 Å². The Morgan fingerprint density at radius 2 is 1.52 bits per heavy atom. The van der Waals surface area contributed by atoms with Gasteiger partial charge in [0.05, 0.1) is 6.10 Å². The zero-order valence-corrected chi connectivity index (χ0v) is 10.9. The maximum Gasteiger partial charge on any atom is 0.129 e. The zero-order valence-electron chi connectivity index (χ0n) is 10.9. The van der Waals surface area contributed by atoms with Gasteiger partial charge in [0, 0.05) is 24.1 Å². The van der Waals surface area contributed by atoms with Gasteiger partial charge < -0.3 is 10.8 Å². The first kappa shape index (κ1) is 15.5. The molecule has 0 aliphatic rings. The maximum absolute atomic E-state index is 13.7. The molecule has 2 atom stereocenters. The molecule has 2 aromatic rings. The Kier molecular flexibility index (Phi) is 4.59. The van der Waals surface area contributed by atoms with Crippen LogP contribution in [0, 0.1) is 23.3 Å². The van der Waals surface area contributed by atoms with Crippen molar-refractivity contribution in [1.29, 1.82) is 0 Å². The molecule has 0 radical (unpaired) electrons. The standard InChI is InChI=1S/C15H13F4NO/c16-9-1-2-14(19)12(6-9)15(21)13(7-20)8-3-10(17)5-11(18)4-8/h1-6,13,15,21H,7,20H2. The maximum atomic E-state index is 13.7. The Hall–Kier alpha value is -1.92. The van der Waals surface area contributed by atoms with E-state index in [0.717, 1.165) is 30.3 Å². The largest absolute Gasteiger partial charge is 0.388 e. The van der Waals surface area contributed by atoms with E-state index in [0.29, 0.717) is 6.07 Å². The Balaban J connectivity index is 2.42. The summed E-state index contributed by atoms with van der Waals surface area (Å²) in [7, 11) is 0. The van der Waals surface area contributed by atoms with Crippen LogP contribution < -0.4 is 5.73 Å². The average Bonchev–Trinajstić information content (AvgIpc) is 2.41. The summed E-state index contributed by atoms with van der Waals surface area (Å²) in [6, 6.07) is 5.28. The molecule has 2 aromatic carbocycles. The molecule has 0 fully saturated rings. The van der Waals surface area contributed by atoms with Gasteiger partial charge in [0.25, 0.3) is 0 Å². The number of aliphatic hydroxyl groups is 1. The molecule has 0 aliphatic carbocycles. The van der Waals surface area contributed by atoms with Crippen LogP contribution in [0.1, 0.15) is 23.1 Å². The Morgan fingerprint density at radius 3 is 2.10 bits per heavy atom. The topological polar surface area (TPSA) is 46.2 Å². The summed E-state index contributed by atoms with van der Waals surface area (Å²) in [5.41, 5.74) is 5.28. The predicted molar refractivity (Wildman–Crippen MR) is 69.5 cm³/mol. The molecule has 6 heteroatoms. The van der Waals surface area contributed by atoms with Crippen molar-refractivity contribution in [2.24, 2.45) is 5.73 Å². The Morgan fingerprint density at radius 1 is 0.905 bits per heavy atom. The Bertz CT molecular complexity index is 627. The summed E-state index contributed by atoms with van der Waals surface area (Å²) >= 11 is 0. The molecule has 0 aromatic heterocycles. The minimum Gasteiger partial charge on any atom is -0.388 e. The van der Waals surface area contributed by atoms with E-state index in [2.05, 4.69) is 0 Å². The van der Waals surface area contributed by atoms with Crippen molar-refractivity contribution in [3.05, 3.63) is 70.8 Å². The molecule has 3 N–H and O–H groups in total. The molecular formula is C15H13F4NO. The third kappa shape index (κ3) is 3.40. The van der Waals surface area contributed by atoms with Crippen LogP contribution in [0.4, 0.5) is 17.6 Å². The number of nitrogens with two attached hydrogens (primary N) is 1. The molecule has 0 heterocycles. The predicted octanol–water partition coefficient (Wildman–Crippen LogP) is 3.02. The van der Waals surface area contributed by atoms with Crippen LogP contribution in [0.2, 0.25) is 0 Å². The summed E-state index contributed by atoms with van der Waals surface area (Å²) < 4.78 is 53.3. The van der Waals surface area contributed by atoms with Crippen molar-refractivity contribution in [3.63, 3.8) is 0 Å². The first-order valence-electron chi connectivity index (χ1n) is 6.21. The molecule has 2 nitrogen and oxygen atoms in total. The first-order valence-corrected chi connectivity index (χ1v) is 6.21. The highest BCUT2D eigenvalue weighted by atomic mass is 19.1. The fraction of sp³-hybridized carbons (Fsp3) is 0.200. The van der Waals surface area contributed by atoms with Gasteiger partial charge in [-0.3, -0.25) is 0 Å². The molecule has 0 saturated carbocycles. The van der Waals surface area contributed by atoms with E-state index in [1.54, 1.807) is 0 Å². The highest BCUT2D eigenvalue weighted by Gasteiger charge is 2.25. The fourth-order valence-electron chi connectivity index (χ4n) is 2.19. The number of benzene rings is 2. The summed E-state index contributed by atoms with van der Waals surface area (Å²) in [4.78, 5) is 0. The lowest BCUT2D eigenvalue weighted by Crippen LogP contribution is -2.21. The van der Waals surface area contributed by atoms with Crippen molar-refractivity contribution < 1.29 is 22.7 Å². The number of hydrogen-bond acceptors (Lipinski definition) is 2. The second-order valence-electron chi connectivity index (χ2n) is 4.66. The monoisotopic (exact) mass is 299 g/mol. The minimum atomic E-state index is -1.52. The van der Waals surface area contributed by atoms with Crippen molar-refractivity contribution in [3.8, 4) is 0 Å². The van der Waals surface area contributed by atoms with Gasteiger partial charge in [-0.05, 0) is 35.9 Å². The zero-order chi connectivity index (χ0) is 15.6. The summed E-state index contributed by atoms with van der Waals surface area (Å²) in [6.45, 7) is -0.194. The number of halogens is 4. The second kappa shape index (κ2) is 6.24. The van der Waals surface area contributed by atoms with Crippen LogP contribution in [0.3, 0.4) is 0 Å². The number of hydrogen-bond donors (Lipinski definition) is 2. The van der Waals surface area contributed by atoms with E-state index in [1.807, 2.05) is 0 Å². The third-order valence-corrected chi connectivity index (χ3v) is 3.22. The third-order valence-electron chi connectivity index (χ3n) is 3.22. The van der Waals surface area contributed by atoms with Gasteiger partial charge in [-0.15, -0.1) is 0 Å². The van der Waals surface area contributed by atoms with E-state index >= 15 is 0 Å². The molecular weight excluding hydrogens is 286 g/mol. The van der Waals surface area contributed by atoms with Crippen LogP contribution in [0.15, 0.2) is 36.4 Å². The van der Waals surface area contributed by atoms with Crippen molar-refractivity contribution >= 4 is 0 Å². The van der Waals surface area contributed by atoms with Crippen molar-refractivity contribution in [1.82, 2.24) is 0 Å². The molecule has 2 unspecified atom stereocenters. The summed E-state index contributed by atoms with van der Waals surface area (Å²) in [5, 5.41) is 10.2. The van der Waals surface area contributed by atoms with Crippen LogP contribution in [-0.4, -0.2) is 11.7 Å². The normalized spacial score (nSPS) is 14.0. The summed E-state index contributed by atoms with van der Waals surface area (Å²) in [6.07, 6.45) is -1.52. The minimum absolute atomic E-state index is 0.0751. The molecule has 0 spiro atoms. The lowest BCUT2D eigenvalue weighted by molar-refractivity contribution is 0.142. The Labute approximate surface area is 118 Å². The van der Waals surface area contributed by atoms with E-state index in [-0.39, 0.29) is 17.7 Å². The van der Waals surface area contributed by atoms with Crippen LogP contribution in [0.25, 0.3) is 0 Å². The molecule has 0 bridgehead atoms. The molecule has 2 rings (SSSR count). The van der Waals surface area contributed by atoms with Crippen LogP contribution >= 0.6 is 0 Å². The van der Waals surface area contributed by atoms with Gasteiger partial charge in [-0.2, -0.15) is 0 Å². The van der Waals surface area contributed by atoms with Crippen LogP contribution in [-0.2, 0) is 0 Å².